The van der Waals surface area contributed by atoms with Gasteiger partial charge >= 0.3 is 0 Å². The Morgan fingerprint density at radius 3 is 2.44 bits per heavy atom. The van der Waals surface area contributed by atoms with Gasteiger partial charge in [0.2, 0.25) is 0 Å². The van der Waals surface area contributed by atoms with Gasteiger partial charge in [-0.2, -0.15) is 5.26 Å². The molecule has 1 heterocycles. The maximum atomic E-state index is 12.7. The number of pyridine rings is 1. The second kappa shape index (κ2) is 7.65. The lowest BCUT2D eigenvalue weighted by molar-refractivity contribution is 0.102. The van der Waals surface area contributed by atoms with Crippen molar-refractivity contribution in [2.45, 2.75) is 5.03 Å². The van der Waals surface area contributed by atoms with E-state index >= 15 is 0 Å². The summed E-state index contributed by atoms with van der Waals surface area (Å²) in [5.74, 6) is -0.234. The minimum absolute atomic E-state index is 0.234. The van der Waals surface area contributed by atoms with E-state index < -0.39 is 0 Å². The van der Waals surface area contributed by atoms with Crippen LogP contribution in [0.15, 0.2) is 71.9 Å². The molecule has 0 aliphatic carbocycles. The van der Waals surface area contributed by atoms with Crippen LogP contribution in [0.2, 0.25) is 0 Å². The number of hydrogen-bond donors (Lipinski definition) is 1. The Bertz CT molecular complexity index is 946. The summed E-state index contributed by atoms with van der Waals surface area (Å²) in [5, 5.41) is 13.1. The molecule has 5 heteroatoms. The van der Waals surface area contributed by atoms with Crippen LogP contribution in [0.25, 0.3) is 11.1 Å². The predicted molar refractivity (Wildman–Crippen MR) is 101 cm³/mol. The molecule has 25 heavy (non-hydrogen) atoms. The number of thioether (sulfide) groups is 1. The first-order valence-electron chi connectivity index (χ1n) is 7.63. The molecule has 0 radical (unpaired) electrons. The standard InChI is InChI=1S/C20H15N3OS/c1-25-19-11-10-15(13-22-19)23-20(24)18-9-5-4-8-17(18)16-7-3-2-6-14(16)12-21/h2-11,13H,1H3,(H,23,24). The molecule has 122 valence electrons. The smallest absolute Gasteiger partial charge is 0.256 e. The molecule has 0 fully saturated rings. The summed E-state index contributed by atoms with van der Waals surface area (Å²) < 4.78 is 0. The minimum atomic E-state index is -0.234. The normalized spacial score (nSPS) is 10.1. The second-order valence-corrected chi connectivity index (χ2v) is 6.07. The number of benzene rings is 2. The molecule has 3 aromatic rings. The highest BCUT2D eigenvalue weighted by atomic mass is 32.2. The number of nitrogens with zero attached hydrogens (tertiary/aromatic N) is 2. The van der Waals surface area contributed by atoms with Crippen LogP contribution in [0.4, 0.5) is 5.69 Å². The van der Waals surface area contributed by atoms with Crippen molar-refractivity contribution in [2.24, 2.45) is 0 Å². The molecule has 2 aromatic carbocycles. The van der Waals surface area contributed by atoms with E-state index in [4.69, 9.17) is 0 Å². The van der Waals surface area contributed by atoms with Gasteiger partial charge in [0.25, 0.3) is 5.91 Å². The Morgan fingerprint density at radius 1 is 1.04 bits per heavy atom. The van der Waals surface area contributed by atoms with Gasteiger partial charge in [0.1, 0.15) is 0 Å². The van der Waals surface area contributed by atoms with E-state index in [1.54, 1.807) is 30.1 Å². The first-order valence-corrected chi connectivity index (χ1v) is 8.85. The van der Waals surface area contributed by atoms with Crippen LogP contribution in [0.1, 0.15) is 15.9 Å². The number of carbonyl (C=O) groups excluding carboxylic acids is 1. The topological polar surface area (TPSA) is 65.8 Å². The first-order chi connectivity index (χ1) is 12.2. The highest BCUT2D eigenvalue weighted by Gasteiger charge is 2.15. The van der Waals surface area contributed by atoms with Crippen molar-refractivity contribution in [3.63, 3.8) is 0 Å². The molecule has 1 amide bonds. The Kier molecular flexibility index (Phi) is 5.12. The Morgan fingerprint density at radius 2 is 1.76 bits per heavy atom. The van der Waals surface area contributed by atoms with Crippen LogP contribution >= 0.6 is 11.8 Å². The molecule has 0 aliphatic heterocycles. The maximum absolute atomic E-state index is 12.7. The summed E-state index contributed by atoms with van der Waals surface area (Å²) in [5.41, 5.74) is 3.15. The number of aromatic nitrogens is 1. The highest BCUT2D eigenvalue weighted by Crippen LogP contribution is 2.27. The fourth-order valence-electron chi connectivity index (χ4n) is 2.50. The van der Waals surface area contributed by atoms with Gasteiger partial charge in [-0.3, -0.25) is 4.79 Å². The van der Waals surface area contributed by atoms with E-state index in [0.717, 1.165) is 16.2 Å². The maximum Gasteiger partial charge on any atom is 0.256 e. The van der Waals surface area contributed by atoms with Gasteiger partial charge in [0.05, 0.1) is 28.5 Å². The molecule has 1 aromatic heterocycles. The lowest BCUT2D eigenvalue weighted by atomic mass is 9.95. The molecule has 0 spiro atoms. The van der Waals surface area contributed by atoms with Crippen LogP contribution in [-0.2, 0) is 0 Å². The number of rotatable bonds is 4. The molecule has 0 atom stereocenters. The Hall–Kier alpha value is -3.10. The van der Waals surface area contributed by atoms with Crippen LogP contribution in [-0.4, -0.2) is 17.1 Å². The number of amides is 1. The van der Waals surface area contributed by atoms with E-state index in [1.165, 1.54) is 0 Å². The predicted octanol–water partition coefficient (Wildman–Crippen LogP) is 4.59. The molecule has 3 rings (SSSR count). The van der Waals surface area contributed by atoms with Crippen LogP contribution < -0.4 is 5.32 Å². The molecule has 0 saturated heterocycles. The lowest BCUT2D eigenvalue weighted by Crippen LogP contribution is -2.13. The lowest BCUT2D eigenvalue weighted by Gasteiger charge is -2.11. The zero-order chi connectivity index (χ0) is 17.6. The van der Waals surface area contributed by atoms with Crippen molar-refractivity contribution in [1.29, 1.82) is 5.26 Å². The van der Waals surface area contributed by atoms with Crippen molar-refractivity contribution < 1.29 is 4.79 Å². The number of nitriles is 1. The number of nitrogens with one attached hydrogen (secondary N) is 1. The van der Waals surface area contributed by atoms with Crippen molar-refractivity contribution in [3.8, 4) is 17.2 Å². The summed E-state index contributed by atoms with van der Waals surface area (Å²) in [6.45, 7) is 0. The summed E-state index contributed by atoms with van der Waals surface area (Å²) in [6, 6.07) is 20.4. The number of hydrogen-bond acceptors (Lipinski definition) is 4. The quantitative estimate of drug-likeness (QED) is 0.702. The van der Waals surface area contributed by atoms with Gasteiger partial charge in [-0.15, -0.1) is 11.8 Å². The molecule has 0 unspecified atom stereocenters. The van der Waals surface area contributed by atoms with E-state index in [-0.39, 0.29) is 5.91 Å². The van der Waals surface area contributed by atoms with Crippen molar-refractivity contribution >= 4 is 23.4 Å². The average Bonchev–Trinajstić information content (AvgIpc) is 2.68. The highest BCUT2D eigenvalue weighted by molar-refractivity contribution is 7.98. The fourth-order valence-corrected chi connectivity index (χ4v) is 2.87. The SMILES string of the molecule is CSc1ccc(NC(=O)c2ccccc2-c2ccccc2C#N)cn1. The van der Waals surface area contributed by atoms with Crippen molar-refractivity contribution in [3.05, 3.63) is 78.0 Å². The van der Waals surface area contributed by atoms with Gasteiger partial charge in [0.15, 0.2) is 0 Å². The van der Waals surface area contributed by atoms with Gasteiger partial charge < -0.3 is 5.32 Å². The zero-order valence-electron chi connectivity index (χ0n) is 13.6. The third-order valence-electron chi connectivity index (χ3n) is 3.71. The minimum Gasteiger partial charge on any atom is -0.321 e. The van der Waals surface area contributed by atoms with Gasteiger partial charge in [-0.25, -0.2) is 4.98 Å². The van der Waals surface area contributed by atoms with Gasteiger partial charge in [0, 0.05) is 11.1 Å². The van der Waals surface area contributed by atoms with Gasteiger partial charge in [-0.1, -0.05) is 36.4 Å². The fraction of sp³-hybridized carbons (Fsp3) is 0.0500. The molecular formula is C20H15N3OS. The van der Waals surface area contributed by atoms with Crippen LogP contribution in [0.5, 0.6) is 0 Å². The zero-order valence-corrected chi connectivity index (χ0v) is 14.4. The monoisotopic (exact) mass is 345 g/mol. The molecule has 0 bridgehead atoms. The summed E-state index contributed by atoms with van der Waals surface area (Å²) in [7, 11) is 0. The van der Waals surface area contributed by atoms with E-state index in [0.29, 0.717) is 16.8 Å². The van der Waals surface area contributed by atoms with Crippen LogP contribution in [0.3, 0.4) is 0 Å². The first kappa shape index (κ1) is 16.7. The summed E-state index contributed by atoms with van der Waals surface area (Å²) in [6.07, 6.45) is 3.58. The molecule has 0 saturated carbocycles. The molecular weight excluding hydrogens is 330 g/mol. The molecule has 1 N–H and O–H groups in total. The summed E-state index contributed by atoms with van der Waals surface area (Å²) >= 11 is 1.54. The van der Waals surface area contributed by atoms with E-state index in [2.05, 4.69) is 16.4 Å². The molecule has 4 nitrogen and oxygen atoms in total. The van der Waals surface area contributed by atoms with Gasteiger partial charge in [-0.05, 0) is 36.1 Å². The van der Waals surface area contributed by atoms with E-state index in [9.17, 15) is 10.1 Å². The number of carbonyl (C=O) groups is 1. The van der Waals surface area contributed by atoms with E-state index in [1.807, 2.05) is 54.8 Å². The Balaban J connectivity index is 1.95. The summed E-state index contributed by atoms with van der Waals surface area (Å²) in [4.78, 5) is 17.0. The third-order valence-corrected chi connectivity index (χ3v) is 4.37. The Labute approximate surface area is 150 Å². The largest absolute Gasteiger partial charge is 0.321 e. The molecule has 0 aliphatic rings. The number of anilines is 1. The van der Waals surface area contributed by atoms with Crippen LogP contribution in [0, 0.1) is 11.3 Å². The van der Waals surface area contributed by atoms with Crippen molar-refractivity contribution in [1.82, 2.24) is 4.98 Å². The second-order valence-electron chi connectivity index (χ2n) is 5.25. The third kappa shape index (κ3) is 3.70. The average molecular weight is 345 g/mol. The van der Waals surface area contributed by atoms with Crippen molar-refractivity contribution in [2.75, 3.05) is 11.6 Å².